The van der Waals surface area contributed by atoms with Crippen molar-refractivity contribution in [2.24, 2.45) is 0 Å². The van der Waals surface area contributed by atoms with E-state index in [1.807, 2.05) is 25.1 Å². The van der Waals surface area contributed by atoms with Crippen molar-refractivity contribution in [1.29, 1.82) is 0 Å². The van der Waals surface area contributed by atoms with Crippen LogP contribution in [0, 0.1) is 6.92 Å². The SMILES string of the molecule is COc1ccc(C)cc1S(=O)(=O)Nc1ccc(NCC2CCCO2)cc1. The van der Waals surface area contributed by atoms with E-state index in [0.29, 0.717) is 11.4 Å². The predicted octanol–water partition coefficient (Wildman–Crippen LogP) is 3.40. The number of ether oxygens (including phenoxy) is 2. The highest BCUT2D eigenvalue weighted by Crippen LogP contribution is 2.27. The Kier molecular flexibility index (Phi) is 5.68. The fourth-order valence-corrected chi connectivity index (χ4v) is 4.21. The molecule has 1 aliphatic rings. The van der Waals surface area contributed by atoms with Gasteiger partial charge in [-0.2, -0.15) is 0 Å². The molecule has 2 N–H and O–H groups in total. The van der Waals surface area contributed by atoms with Gasteiger partial charge in [-0.1, -0.05) is 6.07 Å². The molecule has 1 unspecified atom stereocenters. The number of methoxy groups -OCH3 is 1. The van der Waals surface area contributed by atoms with Gasteiger partial charge in [0.2, 0.25) is 0 Å². The molecule has 1 fully saturated rings. The van der Waals surface area contributed by atoms with Gasteiger partial charge in [-0.15, -0.1) is 0 Å². The van der Waals surface area contributed by atoms with Gasteiger partial charge in [-0.25, -0.2) is 8.42 Å². The third kappa shape index (κ3) is 4.47. The van der Waals surface area contributed by atoms with Crippen LogP contribution in [-0.2, 0) is 14.8 Å². The Hall–Kier alpha value is -2.25. The van der Waals surface area contributed by atoms with Gasteiger partial charge in [0.05, 0.1) is 13.2 Å². The zero-order valence-corrected chi connectivity index (χ0v) is 15.8. The average Bonchev–Trinajstić information content (AvgIpc) is 3.14. The highest BCUT2D eigenvalue weighted by atomic mass is 32.2. The van der Waals surface area contributed by atoms with Crippen LogP contribution >= 0.6 is 0 Å². The van der Waals surface area contributed by atoms with Crippen molar-refractivity contribution in [1.82, 2.24) is 0 Å². The average molecular weight is 376 g/mol. The van der Waals surface area contributed by atoms with Crippen molar-refractivity contribution in [2.45, 2.75) is 30.8 Å². The summed E-state index contributed by atoms with van der Waals surface area (Å²) in [5, 5.41) is 3.31. The standard InChI is InChI=1S/C19H24N2O4S/c1-14-5-10-18(24-2)19(12-14)26(22,23)21-16-8-6-15(7-9-16)20-13-17-4-3-11-25-17/h5-10,12,17,20-21H,3-4,11,13H2,1-2H3. The van der Waals surface area contributed by atoms with Gasteiger partial charge in [-0.05, 0) is 61.7 Å². The maximum Gasteiger partial charge on any atom is 0.265 e. The molecule has 0 aliphatic carbocycles. The van der Waals surface area contributed by atoms with Crippen molar-refractivity contribution in [2.75, 3.05) is 30.3 Å². The van der Waals surface area contributed by atoms with E-state index >= 15 is 0 Å². The lowest BCUT2D eigenvalue weighted by atomic mass is 10.2. The molecule has 2 aromatic rings. The monoisotopic (exact) mass is 376 g/mol. The molecule has 140 valence electrons. The quantitative estimate of drug-likeness (QED) is 0.775. The van der Waals surface area contributed by atoms with Crippen LogP contribution in [0.25, 0.3) is 0 Å². The summed E-state index contributed by atoms with van der Waals surface area (Å²) in [6, 6.07) is 12.2. The number of sulfonamides is 1. The minimum atomic E-state index is -3.73. The second-order valence-electron chi connectivity index (χ2n) is 6.35. The van der Waals surface area contributed by atoms with E-state index in [1.54, 1.807) is 24.3 Å². The van der Waals surface area contributed by atoms with Gasteiger partial charge in [0.1, 0.15) is 10.6 Å². The molecule has 1 heterocycles. The molecule has 7 heteroatoms. The van der Waals surface area contributed by atoms with Crippen LogP contribution in [0.1, 0.15) is 18.4 Å². The number of aryl methyl sites for hydroxylation is 1. The van der Waals surface area contributed by atoms with Gasteiger partial charge >= 0.3 is 0 Å². The molecule has 0 saturated carbocycles. The van der Waals surface area contributed by atoms with Crippen LogP contribution < -0.4 is 14.8 Å². The van der Waals surface area contributed by atoms with Gasteiger partial charge in [0.15, 0.2) is 0 Å². The molecule has 2 aromatic carbocycles. The molecule has 1 aliphatic heterocycles. The van der Waals surface area contributed by atoms with Crippen LogP contribution in [0.5, 0.6) is 5.75 Å². The summed E-state index contributed by atoms with van der Waals surface area (Å²) in [4.78, 5) is 0.126. The van der Waals surface area contributed by atoms with Gasteiger partial charge in [-0.3, -0.25) is 4.72 Å². The van der Waals surface area contributed by atoms with Crippen molar-refractivity contribution < 1.29 is 17.9 Å². The molecule has 0 bridgehead atoms. The number of benzene rings is 2. The van der Waals surface area contributed by atoms with E-state index in [9.17, 15) is 8.42 Å². The smallest absolute Gasteiger partial charge is 0.265 e. The summed E-state index contributed by atoms with van der Waals surface area (Å²) >= 11 is 0. The number of anilines is 2. The van der Waals surface area contributed by atoms with Crippen molar-refractivity contribution in [3.05, 3.63) is 48.0 Å². The fourth-order valence-electron chi connectivity index (χ4n) is 2.90. The van der Waals surface area contributed by atoms with Crippen molar-refractivity contribution >= 4 is 21.4 Å². The predicted molar refractivity (Wildman–Crippen MR) is 102 cm³/mol. The molecule has 6 nitrogen and oxygen atoms in total. The molecule has 0 amide bonds. The minimum Gasteiger partial charge on any atom is -0.495 e. The first-order valence-corrected chi connectivity index (χ1v) is 10.1. The maximum atomic E-state index is 12.7. The minimum absolute atomic E-state index is 0.126. The summed E-state index contributed by atoms with van der Waals surface area (Å²) in [6.45, 7) is 3.42. The molecule has 26 heavy (non-hydrogen) atoms. The Bertz CT molecular complexity index is 844. The van der Waals surface area contributed by atoms with E-state index < -0.39 is 10.0 Å². The molecule has 1 atom stereocenters. The third-order valence-corrected chi connectivity index (χ3v) is 5.71. The van der Waals surface area contributed by atoms with Crippen LogP contribution in [0.3, 0.4) is 0 Å². The Morgan fingerprint density at radius 2 is 1.88 bits per heavy atom. The van der Waals surface area contributed by atoms with E-state index in [0.717, 1.165) is 37.2 Å². The normalized spacial score (nSPS) is 17.1. The first kappa shape index (κ1) is 18.5. The first-order valence-electron chi connectivity index (χ1n) is 8.61. The number of hydrogen-bond acceptors (Lipinski definition) is 5. The third-order valence-electron chi connectivity index (χ3n) is 4.30. The lowest BCUT2D eigenvalue weighted by Crippen LogP contribution is -2.18. The molecule has 0 radical (unpaired) electrons. The molecule has 3 rings (SSSR count). The molecule has 1 saturated heterocycles. The molecular weight excluding hydrogens is 352 g/mol. The van der Waals surface area contributed by atoms with E-state index in [1.165, 1.54) is 7.11 Å². The Labute approximate surface area is 154 Å². The lowest BCUT2D eigenvalue weighted by molar-refractivity contribution is 0.120. The van der Waals surface area contributed by atoms with E-state index in [-0.39, 0.29) is 11.0 Å². The highest BCUT2D eigenvalue weighted by Gasteiger charge is 2.20. The van der Waals surface area contributed by atoms with Crippen molar-refractivity contribution in [3.63, 3.8) is 0 Å². The lowest BCUT2D eigenvalue weighted by Gasteiger charge is -2.14. The zero-order chi connectivity index (χ0) is 18.6. The maximum absolute atomic E-state index is 12.7. The van der Waals surface area contributed by atoms with Crippen LogP contribution in [0.15, 0.2) is 47.4 Å². The highest BCUT2D eigenvalue weighted by molar-refractivity contribution is 7.92. The Morgan fingerprint density at radius 1 is 1.15 bits per heavy atom. The summed E-state index contributed by atoms with van der Waals surface area (Å²) in [5.41, 5.74) is 2.27. The number of rotatable bonds is 7. The summed E-state index contributed by atoms with van der Waals surface area (Å²) in [7, 11) is -2.28. The molecule has 0 spiro atoms. The summed E-state index contributed by atoms with van der Waals surface area (Å²) in [5.74, 6) is 0.318. The molecular formula is C19H24N2O4S. The largest absolute Gasteiger partial charge is 0.495 e. The van der Waals surface area contributed by atoms with Gasteiger partial charge in [0.25, 0.3) is 10.0 Å². The summed E-state index contributed by atoms with van der Waals surface area (Å²) in [6.07, 6.45) is 2.43. The van der Waals surface area contributed by atoms with E-state index in [4.69, 9.17) is 9.47 Å². The van der Waals surface area contributed by atoms with Crippen molar-refractivity contribution in [3.8, 4) is 5.75 Å². The zero-order valence-electron chi connectivity index (χ0n) is 15.0. The first-order chi connectivity index (χ1) is 12.5. The Balaban J connectivity index is 1.68. The van der Waals surface area contributed by atoms with Crippen LogP contribution in [0.2, 0.25) is 0 Å². The van der Waals surface area contributed by atoms with Gasteiger partial charge < -0.3 is 14.8 Å². The van der Waals surface area contributed by atoms with Crippen LogP contribution in [0.4, 0.5) is 11.4 Å². The Morgan fingerprint density at radius 3 is 2.54 bits per heavy atom. The van der Waals surface area contributed by atoms with E-state index in [2.05, 4.69) is 10.0 Å². The molecule has 0 aromatic heterocycles. The summed E-state index contributed by atoms with van der Waals surface area (Å²) < 4.78 is 38.8. The second-order valence-corrected chi connectivity index (χ2v) is 8.00. The second kappa shape index (κ2) is 7.97. The van der Waals surface area contributed by atoms with Crippen LogP contribution in [-0.4, -0.2) is 34.8 Å². The number of hydrogen-bond donors (Lipinski definition) is 2. The van der Waals surface area contributed by atoms with Gasteiger partial charge in [0, 0.05) is 24.5 Å². The fraction of sp³-hybridized carbons (Fsp3) is 0.368. The number of nitrogens with one attached hydrogen (secondary N) is 2. The topological polar surface area (TPSA) is 76.7 Å².